The van der Waals surface area contributed by atoms with Gasteiger partial charge in [-0.25, -0.2) is 0 Å². The minimum atomic E-state index is 0.0326. The highest BCUT2D eigenvalue weighted by Gasteiger charge is 2.28. The molecule has 0 bridgehead atoms. The van der Waals surface area contributed by atoms with Crippen molar-refractivity contribution in [3.8, 4) is 0 Å². The van der Waals surface area contributed by atoms with Gasteiger partial charge in [0.1, 0.15) is 11.3 Å². The Labute approximate surface area is 94.8 Å². The largest absolute Gasteiger partial charge is 0.361 e. The summed E-state index contributed by atoms with van der Waals surface area (Å²) in [7, 11) is 0. The molecule has 2 rings (SSSR count). The summed E-state index contributed by atoms with van der Waals surface area (Å²) < 4.78 is 5.03. The number of hydrogen-bond donors (Lipinski definition) is 1. The SMILES string of the molecule is Cc1noc(C)c1C(=O)N1CCNC[C@@H]1C. The van der Waals surface area contributed by atoms with Crippen LogP contribution in [-0.2, 0) is 0 Å². The van der Waals surface area contributed by atoms with Crippen LogP contribution in [0.3, 0.4) is 0 Å². The van der Waals surface area contributed by atoms with E-state index in [1.54, 1.807) is 13.8 Å². The van der Waals surface area contributed by atoms with Gasteiger partial charge in [0.05, 0.1) is 5.69 Å². The van der Waals surface area contributed by atoms with Crippen LogP contribution in [0.25, 0.3) is 0 Å². The number of aromatic nitrogens is 1. The van der Waals surface area contributed by atoms with Gasteiger partial charge >= 0.3 is 0 Å². The van der Waals surface area contributed by atoms with Crippen molar-refractivity contribution in [1.82, 2.24) is 15.4 Å². The molecule has 0 spiro atoms. The van der Waals surface area contributed by atoms with Gasteiger partial charge < -0.3 is 14.7 Å². The fraction of sp³-hybridized carbons (Fsp3) is 0.636. The summed E-state index contributed by atoms with van der Waals surface area (Å²) in [6, 6.07) is 0.218. The predicted octanol–water partition coefficient (Wildman–Crippen LogP) is 0.725. The molecule has 1 fully saturated rings. The van der Waals surface area contributed by atoms with E-state index in [0.29, 0.717) is 17.0 Å². The summed E-state index contributed by atoms with van der Waals surface area (Å²) >= 11 is 0. The number of amides is 1. The van der Waals surface area contributed by atoms with Crippen molar-refractivity contribution in [2.45, 2.75) is 26.8 Å². The van der Waals surface area contributed by atoms with Crippen molar-refractivity contribution in [3.63, 3.8) is 0 Å². The molecule has 5 nitrogen and oxygen atoms in total. The fourth-order valence-corrected chi connectivity index (χ4v) is 2.07. The third-order valence-electron chi connectivity index (χ3n) is 3.01. The second-order valence-corrected chi connectivity index (χ2v) is 4.25. The number of carbonyl (C=O) groups is 1. The van der Waals surface area contributed by atoms with Crippen LogP contribution < -0.4 is 5.32 Å². The highest BCUT2D eigenvalue weighted by Crippen LogP contribution is 2.17. The number of nitrogens with zero attached hydrogens (tertiary/aromatic N) is 2. The lowest BCUT2D eigenvalue weighted by Gasteiger charge is -2.33. The van der Waals surface area contributed by atoms with Gasteiger partial charge in [-0.15, -0.1) is 0 Å². The van der Waals surface area contributed by atoms with Gasteiger partial charge in [0.2, 0.25) is 0 Å². The smallest absolute Gasteiger partial charge is 0.259 e. The number of aryl methyl sites for hydroxylation is 2. The van der Waals surface area contributed by atoms with Crippen LogP contribution in [0.2, 0.25) is 0 Å². The van der Waals surface area contributed by atoms with Crippen molar-refractivity contribution >= 4 is 5.91 Å². The lowest BCUT2D eigenvalue weighted by atomic mass is 10.1. The summed E-state index contributed by atoms with van der Waals surface area (Å²) in [6.45, 7) is 8.05. The lowest BCUT2D eigenvalue weighted by molar-refractivity contribution is 0.0653. The molecule has 1 amide bonds. The molecule has 1 atom stereocenters. The van der Waals surface area contributed by atoms with Gasteiger partial charge in [-0.05, 0) is 20.8 Å². The number of rotatable bonds is 1. The molecule has 1 saturated heterocycles. The first-order valence-electron chi connectivity index (χ1n) is 5.56. The molecule has 16 heavy (non-hydrogen) atoms. The Morgan fingerprint density at radius 1 is 1.56 bits per heavy atom. The van der Waals surface area contributed by atoms with E-state index in [1.165, 1.54) is 0 Å². The molecule has 0 saturated carbocycles. The summed E-state index contributed by atoms with van der Waals surface area (Å²) in [5.41, 5.74) is 1.29. The summed E-state index contributed by atoms with van der Waals surface area (Å²) in [5.74, 6) is 0.637. The molecule has 88 valence electrons. The van der Waals surface area contributed by atoms with Crippen molar-refractivity contribution in [2.75, 3.05) is 19.6 Å². The normalized spacial score (nSPS) is 21.2. The van der Waals surface area contributed by atoms with Crippen LogP contribution in [0.5, 0.6) is 0 Å². The first-order chi connectivity index (χ1) is 7.61. The number of piperazine rings is 1. The molecule has 1 aromatic rings. The van der Waals surface area contributed by atoms with E-state index in [-0.39, 0.29) is 11.9 Å². The van der Waals surface area contributed by atoms with Gasteiger partial charge in [0, 0.05) is 25.7 Å². The molecular weight excluding hydrogens is 206 g/mol. The topological polar surface area (TPSA) is 58.4 Å². The van der Waals surface area contributed by atoms with Gasteiger partial charge in [-0.2, -0.15) is 0 Å². The predicted molar refractivity (Wildman–Crippen MR) is 59.3 cm³/mol. The molecule has 0 aliphatic carbocycles. The van der Waals surface area contributed by atoms with Crippen molar-refractivity contribution in [3.05, 3.63) is 17.0 Å². The highest BCUT2D eigenvalue weighted by atomic mass is 16.5. The molecule has 0 unspecified atom stereocenters. The first kappa shape index (κ1) is 11.1. The van der Waals surface area contributed by atoms with E-state index in [9.17, 15) is 4.79 Å². The van der Waals surface area contributed by atoms with Crippen molar-refractivity contribution in [1.29, 1.82) is 0 Å². The Bertz CT molecular complexity index is 380. The Kier molecular flexibility index (Phi) is 2.96. The maximum atomic E-state index is 12.3. The van der Waals surface area contributed by atoms with E-state index in [1.807, 2.05) is 11.8 Å². The van der Waals surface area contributed by atoms with Crippen LogP contribution in [0.1, 0.15) is 28.7 Å². The Morgan fingerprint density at radius 3 is 2.88 bits per heavy atom. The quantitative estimate of drug-likeness (QED) is 0.762. The third-order valence-corrected chi connectivity index (χ3v) is 3.01. The standard InChI is InChI=1S/C11H17N3O2/c1-7-6-12-4-5-14(7)11(15)10-8(2)13-16-9(10)3/h7,12H,4-6H2,1-3H3/t7-/m0/s1. The minimum Gasteiger partial charge on any atom is -0.361 e. The number of carbonyl (C=O) groups excluding carboxylic acids is 1. The van der Waals surface area contributed by atoms with Crippen molar-refractivity contribution in [2.24, 2.45) is 0 Å². The summed E-state index contributed by atoms with van der Waals surface area (Å²) in [5, 5.41) is 7.08. The second kappa shape index (κ2) is 4.25. The third kappa shape index (κ3) is 1.82. The van der Waals surface area contributed by atoms with Crippen LogP contribution >= 0.6 is 0 Å². The lowest BCUT2D eigenvalue weighted by Crippen LogP contribution is -2.52. The average molecular weight is 223 g/mol. The zero-order chi connectivity index (χ0) is 11.7. The molecule has 0 aromatic carbocycles. The Morgan fingerprint density at radius 2 is 2.31 bits per heavy atom. The summed E-state index contributed by atoms with van der Waals surface area (Å²) in [6.07, 6.45) is 0. The van der Waals surface area contributed by atoms with E-state index in [4.69, 9.17) is 4.52 Å². The molecular formula is C11H17N3O2. The second-order valence-electron chi connectivity index (χ2n) is 4.25. The fourth-order valence-electron chi connectivity index (χ4n) is 2.07. The number of hydrogen-bond acceptors (Lipinski definition) is 4. The van der Waals surface area contributed by atoms with Crippen LogP contribution in [0, 0.1) is 13.8 Å². The molecule has 1 aliphatic heterocycles. The Balaban J connectivity index is 2.24. The van der Waals surface area contributed by atoms with Gasteiger partial charge in [-0.3, -0.25) is 4.79 Å². The van der Waals surface area contributed by atoms with Crippen LogP contribution in [0.15, 0.2) is 4.52 Å². The molecule has 1 N–H and O–H groups in total. The van der Waals surface area contributed by atoms with E-state index in [0.717, 1.165) is 19.6 Å². The molecule has 2 heterocycles. The average Bonchev–Trinajstić information content (AvgIpc) is 2.58. The maximum absolute atomic E-state index is 12.3. The zero-order valence-corrected chi connectivity index (χ0v) is 9.91. The molecule has 1 aliphatic rings. The number of nitrogens with one attached hydrogen (secondary N) is 1. The molecule has 1 aromatic heterocycles. The van der Waals surface area contributed by atoms with Gasteiger partial charge in [0.15, 0.2) is 0 Å². The van der Waals surface area contributed by atoms with E-state index >= 15 is 0 Å². The first-order valence-corrected chi connectivity index (χ1v) is 5.56. The zero-order valence-electron chi connectivity index (χ0n) is 9.91. The minimum absolute atomic E-state index is 0.0326. The van der Waals surface area contributed by atoms with Crippen LogP contribution in [0.4, 0.5) is 0 Å². The maximum Gasteiger partial charge on any atom is 0.259 e. The van der Waals surface area contributed by atoms with Gasteiger partial charge in [-0.1, -0.05) is 5.16 Å². The Hall–Kier alpha value is -1.36. The van der Waals surface area contributed by atoms with E-state index in [2.05, 4.69) is 10.5 Å². The van der Waals surface area contributed by atoms with E-state index < -0.39 is 0 Å². The van der Waals surface area contributed by atoms with Crippen molar-refractivity contribution < 1.29 is 9.32 Å². The highest BCUT2D eigenvalue weighted by molar-refractivity contribution is 5.96. The van der Waals surface area contributed by atoms with Gasteiger partial charge in [0.25, 0.3) is 5.91 Å². The van der Waals surface area contributed by atoms with Crippen LogP contribution in [-0.4, -0.2) is 41.6 Å². The molecule has 5 heteroatoms. The monoisotopic (exact) mass is 223 g/mol. The summed E-state index contributed by atoms with van der Waals surface area (Å²) in [4.78, 5) is 14.2. The molecule has 0 radical (unpaired) electrons.